The van der Waals surface area contributed by atoms with Crippen LogP contribution in [0.3, 0.4) is 0 Å². The molecule has 0 bridgehead atoms. The molecule has 0 aliphatic rings. The van der Waals surface area contributed by atoms with E-state index in [0.717, 1.165) is 24.2 Å². The minimum atomic E-state index is 0.669. The number of rotatable bonds is 4. The molecule has 90 valence electrons. The average Bonchev–Trinajstić information content (AvgIpc) is 2.42. The number of anilines is 2. The van der Waals surface area contributed by atoms with Crippen LogP contribution in [0.2, 0.25) is 0 Å². The van der Waals surface area contributed by atoms with Crippen LogP contribution >= 0.6 is 0 Å². The summed E-state index contributed by atoms with van der Waals surface area (Å²) in [5.74, 6) is 0. The molecular weight excluding hydrogens is 220 g/mol. The Kier molecular flexibility index (Phi) is 3.98. The lowest BCUT2D eigenvalue weighted by Crippen LogP contribution is -1.91. The second kappa shape index (κ2) is 5.88. The summed E-state index contributed by atoms with van der Waals surface area (Å²) >= 11 is 0. The van der Waals surface area contributed by atoms with Gasteiger partial charge >= 0.3 is 0 Å². The second-order valence-electron chi connectivity index (χ2n) is 4.26. The third-order valence-electron chi connectivity index (χ3n) is 2.77. The smallest absolute Gasteiger partial charge is 0.0992 e. The van der Waals surface area contributed by atoms with Crippen molar-refractivity contribution >= 4 is 11.4 Å². The lowest BCUT2D eigenvalue weighted by molar-refractivity contribution is 0.922. The molecule has 2 nitrogen and oxygen atoms in total. The van der Waals surface area contributed by atoms with Gasteiger partial charge in [-0.1, -0.05) is 31.5 Å². The molecule has 2 aromatic carbocycles. The van der Waals surface area contributed by atoms with Gasteiger partial charge in [0.1, 0.15) is 0 Å². The highest BCUT2D eigenvalue weighted by atomic mass is 14.9. The van der Waals surface area contributed by atoms with Crippen LogP contribution in [0.5, 0.6) is 0 Å². The van der Waals surface area contributed by atoms with Gasteiger partial charge in [0.05, 0.1) is 11.6 Å². The van der Waals surface area contributed by atoms with Crippen molar-refractivity contribution < 1.29 is 0 Å². The third kappa shape index (κ3) is 3.11. The van der Waals surface area contributed by atoms with E-state index in [2.05, 4.69) is 42.6 Å². The molecular formula is C16H16N2. The largest absolute Gasteiger partial charge is 0.355 e. The molecule has 2 aromatic rings. The highest BCUT2D eigenvalue weighted by Crippen LogP contribution is 2.18. The SMILES string of the molecule is CCCc1ccc(Nc2cccc(C#N)c2)cc1. The van der Waals surface area contributed by atoms with Gasteiger partial charge in [0.15, 0.2) is 0 Å². The molecule has 0 spiro atoms. The van der Waals surface area contributed by atoms with E-state index >= 15 is 0 Å². The molecule has 0 atom stereocenters. The van der Waals surface area contributed by atoms with Gasteiger partial charge in [-0.05, 0) is 42.3 Å². The molecule has 0 amide bonds. The van der Waals surface area contributed by atoms with Crippen molar-refractivity contribution in [2.45, 2.75) is 19.8 Å². The molecule has 0 heterocycles. The van der Waals surface area contributed by atoms with Crippen LogP contribution in [-0.2, 0) is 6.42 Å². The Hall–Kier alpha value is -2.27. The van der Waals surface area contributed by atoms with Crippen LogP contribution in [-0.4, -0.2) is 0 Å². The maximum Gasteiger partial charge on any atom is 0.0992 e. The second-order valence-corrected chi connectivity index (χ2v) is 4.26. The first-order chi connectivity index (χ1) is 8.81. The zero-order chi connectivity index (χ0) is 12.8. The number of aryl methyl sites for hydroxylation is 1. The summed E-state index contributed by atoms with van der Waals surface area (Å²) in [6.07, 6.45) is 2.28. The Morgan fingerprint density at radius 3 is 2.50 bits per heavy atom. The Morgan fingerprint density at radius 1 is 1.06 bits per heavy atom. The van der Waals surface area contributed by atoms with Gasteiger partial charge in [-0.25, -0.2) is 0 Å². The minimum Gasteiger partial charge on any atom is -0.355 e. The van der Waals surface area contributed by atoms with E-state index in [1.54, 1.807) is 6.07 Å². The average molecular weight is 236 g/mol. The van der Waals surface area contributed by atoms with E-state index in [1.165, 1.54) is 5.56 Å². The topological polar surface area (TPSA) is 35.8 Å². The molecule has 2 rings (SSSR count). The number of hydrogen-bond acceptors (Lipinski definition) is 2. The molecule has 0 aliphatic carbocycles. The van der Waals surface area contributed by atoms with Crippen molar-refractivity contribution in [2.75, 3.05) is 5.32 Å². The fraction of sp³-hybridized carbons (Fsp3) is 0.188. The maximum absolute atomic E-state index is 8.85. The summed E-state index contributed by atoms with van der Waals surface area (Å²) in [5.41, 5.74) is 4.01. The molecule has 1 N–H and O–H groups in total. The first kappa shape index (κ1) is 12.2. The number of nitrogens with one attached hydrogen (secondary N) is 1. The zero-order valence-electron chi connectivity index (χ0n) is 10.5. The van der Waals surface area contributed by atoms with E-state index in [9.17, 15) is 0 Å². The fourth-order valence-corrected chi connectivity index (χ4v) is 1.88. The van der Waals surface area contributed by atoms with Gasteiger partial charge in [0, 0.05) is 11.4 Å². The van der Waals surface area contributed by atoms with Crippen LogP contribution in [0, 0.1) is 11.3 Å². The predicted molar refractivity (Wildman–Crippen MR) is 74.9 cm³/mol. The van der Waals surface area contributed by atoms with Crippen LogP contribution in [0.4, 0.5) is 11.4 Å². The normalized spacial score (nSPS) is 9.78. The molecule has 0 radical (unpaired) electrons. The van der Waals surface area contributed by atoms with E-state index in [1.807, 2.05) is 18.2 Å². The molecule has 0 saturated heterocycles. The Bertz CT molecular complexity index is 550. The van der Waals surface area contributed by atoms with Gasteiger partial charge < -0.3 is 5.32 Å². The van der Waals surface area contributed by atoms with Crippen molar-refractivity contribution in [2.24, 2.45) is 0 Å². The van der Waals surface area contributed by atoms with Crippen molar-refractivity contribution in [3.05, 3.63) is 59.7 Å². The highest BCUT2D eigenvalue weighted by molar-refractivity contribution is 5.61. The highest BCUT2D eigenvalue weighted by Gasteiger charge is 1.97. The fourth-order valence-electron chi connectivity index (χ4n) is 1.88. The van der Waals surface area contributed by atoms with E-state index < -0.39 is 0 Å². The lowest BCUT2D eigenvalue weighted by Gasteiger charge is -2.07. The predicted octanol–water partition coefficient (Wildman–Crippen LogP) is 4.25. The van der Waals surface area contributed by atoms with Crippen LogP contribution in [0.1, 0.15) is 24.5 Å². The van der Waals surface area contributed by atoms with Gasteiger partial charge in [0.2, 0.25) is 0 Å². The Labute approximate surface area is 108 Å². The van der Waals surface area contributed by atoms with Crippen molar-refractivity contribution in [3.8, 4) is 6.07 Å². The van der Waals surface area contributed by atoms with Crippen molar-refractivity contribution in [3.63, 3.8) is 0 Å². The first-order valence-electron chi connectivity index (χ1n) is 6.18. The van der Waals surface area contributed by atoms with Crippen molar-refractivity contribution in [1.82, 2.24) is 0 Å². The standard InChI is InChI=1S/C16H16N2/c1-2-4-13-7-9-15(10-8-13)18-16-6-3-5-14(11-16)12-17/h3,5-11,18H,2,4H2,1H3. The summed E-state index contributed by atoms with van der Waals surface area (Å²) in [4.78, 5) is 0. The minimum absolute atomic E-state index is 0.669. The van der Waals surface area contributed by atoms with Crippen LogP contribution in [0.15, 0.2) is 48.5 Å². The summed E-state index contributed by atoms with van der Waals surface area (Å²) in [7, 11) is 0. The molecule has 0 aromatic heterocycles. The molecule has 0 saturated carbocycles. The molecule has 0 aliphatic heterocycles. The van der Waals surface area contributed by atoms with E-state index in [-0.39, 0.29) is 0 Å². The first-order valence-corrected chi connectivity index (χ1v) is 6.18. The zero-order valence-corrected chi connectivity index (χ0v) is 10.5. The molecule has 0 fully saturated rings. The molecule has 18 heavy (non-hydrogen) atoms. The summed E-state index contributed by atoms with van der Waals surface area (Å²) in [5, 5.41) is 12.1. The van der Waals surface area contributed by atoms with Gasteiger partial charge in [-0.2, -0.15) is 5.26 Å². The maximum atomic E-state index is 8.85. The Balaban J connectivity index is 2.11. The third-order valence-corrected chi connectivity index (χ3v) is 2.77. The number of hydrogen-bond donors (Lipinski definition) is 1. The van der Waals surface area contributed by atoms with E-state index in [0.29, 0.717) is 5.56 Å². The monoisotopic (exact) mass is 236 g/mol. The summed E-state index contributed by atoms with van der Waals surface area (Å²) < 4.78 is 0. The van der Waals surface area contributed by atoms with Gasteiger partial charge in [-0.15, -0.1) is 0 Å². The van der Waals surface area contributed by atoms with Crippen LogP contribution < -0.4 is 5.32 Å². The summed E-state index contributed by atoms with van der Waals surface area (Å²) in [6.45, 7) is 2.18. The lowest BCUT2D eigenvalue weighted by atomic mass is 10.1. The summed E-state index contributed by atoms with van der Waals surface area (Å²) in [6, 6.07) is 18.1. The number of nitriles is 1. The van der Waals surface area contributed by atoms with Gasteiger partial charge in [0.25, 0.3) is 0 Å². The quantitative estimate of drug-likeness (QED) is 0.861. The van der Waals surface area contributed by atoms with Gasteiger partial charge in [-0.3, -0.25) is 0 Å². The number of benzene rings is 2. The molecule has 2 heteroatoms. The molecule has 0 unspecified atom stereocenters. The van der Waals surface area contributed by atoms with E-state index in [4.69, 9.17) is 5.26 Å². The van der Waals surface area contributed by atoms with Crippen molar-refractivity contribution in [1.29, 1.82) is 5.26 Å². The van der Waals surface area contributed by atoms with Crippen LogP contribution in [0.25, 0.3) is 0 Å². The Morgan fingerprint density at radius 2 is 1.83 bits per heavy atom. The number of nitrogens with zero attached hydrogens (tertiary/aromatic N) is 1.